The Morgan fingerprint density at radius 3 is 2.80 bits per heavy atom. The summed E-state index contributed by atoms with van der Waals surface area (Å²) in [6.45, 7) is 7.10. The molecule has 1 spiro atoms. The molecule has 112 valence electrons. The molecule has 0 aromatic carbocycles. The van der Waals surface area contributed by atoms with Crippen LogP contribution in [0, 0.1) is 5.41 Å². The van der Waals surface area contributed by atoms with E-state index >= 15 is 0 Å². The second kappa shape index (κ2) is 6.08. The molecular formula is C15H25N3OS. The third-order valence-electron chi connectivity index (χ3n) is 4.87. The molecule has 0 unspecified atom stereocenters. The van der Waals surface area contributed by atoms with Gasteiger partial charge in [-0.25, -0.2) is 0 Å². The Hall–Kier alpha value is -0.520. The van der Waals surface area contributed by atoms with Crippen molar-refractivity contribution in [2.24, 2.45) is 5.41 Å². The minimum Gasteiger partial charge on any atom is -0.381 e. The molecule has 0 radical (unpaired) electrons. The van der Waals surface area contributed by atoms with Crippen molar-refractivity contribution in [3.8, 4) is 0 Å². The first-order valence-corrected chi connectivity index (χ1v) is 8.65. The van der Waals surface area contributed by atoms with Gasteiger partial charge in [0, 0.05) is 31.7 Å². The van der Waals surface area contributed by atoms with Crippen molar-refractivity contribution < 1.29 is 4.74 Å². The summed E-state index contributed by atoms with van der Waals surface area (Å²) in [5, 5.41) is 14.6. The molecule has 5 heteroatoms. The van der Waals surface area contributed by atoms with Crippen LogP contribution in [0.4, 0.5) is 0 Å². The van der Waals surface area contributed by atoms with Crippen LogP contribution in [0.1, 0.15) is 61.9 Å². The van der Waals surface area contributed by atoms with Crippen molar-refractivity contribution in [3.63, 3.8) is 0 Å². The maximum atomic E-state index is 5.55. The first kappa shape index (κ1) is 14.4. The third-order valence-corrected chi connectivity index (χ3v) is 6.10. The molecule has 3 rings (SSSR count). The molecule has 1 aromatic heterocycles. The monoisotopic (exact) mass is 295 g/mol. The standard InChI is InChI=1S/C15H25N3OS/c1-11(2)14-18-17-13(20-14)10-16-12-4-3-5-15(12)6-8-19-9-7-15/h11-12,16H,3-10H2,1-2H3/t12-/m1/s1. The highest BCUT2D eigenvalue weighted by Crippen LogP contribution is 2.46. The summed E-state index contributed by atoms with van der Waals surface area (Å²) in [6.07, 6.45) is 6.46. The van der Waals surface area contributed by atoms with Crippen LogP contribution in [-0.2, 0) is 11.3 Å². The van der Waals surface area contributed by atoms with E-state index in [4.69, 9.17) is 4.74 Å². The quantitative estimate of drug-likeness (QED) is 0.927. The van der Waals surface area contributed by atoms with Gasteiger partial charge in [-0.1, -0.05) is 31.6 Å². The second-order valence-corrected chi connectivity index (χ2v) is 7.58. The van der Waals surface area contributed by atoms with Crippen molar-refractivity contribution in [2.75, 3.05) is 13.2 Å². The number of nitrogens with zero attached hydrogens (tertiary/aromatic N) is 2. The molecule has 1 aliphatic heterocycles. The lowest BCUT2D eigenvalue weighted by Crippen LogP contribution is -2.44. The average molecular weight is 295 g/mol. The van der Waals surface area contributed by atoms with E-state index in [2.05, 4.69) is 29.4 Å². The summed E-state index contributed by atoms with van der Waals surface area (Å²) in [7, 11) is 0. The van der Waals surface area contributed by atoms with Gasteiger partial charge in [0.15, 0.2) is 0 Å². The number of hydrogen-bond acceptors (Lipinski definition) is 5. The zero-order valence-corrected chi connectivity index (χ0v) is 13.3. The normalized spacial score (nSPS) is 25.6. The minimum absolute atomic E-state index is 0.481. The zero-order chi connectivity index (χ0) is 14.0. The molecule has 1 N–H and O–H groups in total. The first-order chi connectivity index (χ1) is 9.70. The average Bonchev–Trinajstić information content (AvgIpc) is 3.05. The summed E-state index contributed by atoms with van der Waals surface area (Å²) in [6, 6.07) is 0.637. The predicted molar refractivity (Wildman–Crippen MR) is 81.0 cm³/mol. The minimum atomic E-state index is 0.481. The van der Waals surface area contributed by atoms with E-state index in [9.17, 15) is 0 Å². The molecule has 1 aliphatic carbocycles. The first-order valence-electron chi connectivity index (χ1n) is 7.83. The Labute approximate surface area is 125 Å². The van der Waals surface area contributed by atoms with Gasteiger partial charge in [-0.05, 0) is 31.1 Å². The number of nitrogens with one attached hydrogen (secondary N) is 1. The van der Waals surface area contributed by atoms with E-state index in [1.165, 1.54) is 32.1 Å². The van der Waals surface area contributed by atoms with E-state index in [-0.39, 0.29) is 0 Å². The van der Waals surface area contributed by atoms with Gasteiger partial charge in [-0.3, -0.25) is 0 Å². The summed E-state index contributed by atoms with van der Waals surface area (Å²) in [5.41, 5.74) is 0.490. The van der Waals surface area contributed by atoms with Crippen LogP contribution < -0.4 is 5.32 Å². The van der Waals surface area contributed by atoms with Gasteiger partial charge in [-0.2, -0.15) is 0 Å². The van der Waals surface area contributed by atoms with Crippen LogP contribution >= 0.6 is 11.3 Å². The van der Waals surface area contributed by atoms with Gasteiger partial charge in [0.1, 0.15) is 10.0 Å². The Morgan fingerprint density at radius 2 is 2.10 bits per heavy atom. The van der Waals surface area contributed by atoms with Crippen LogP contribution in [0.25, 0.3) is 0 Å². The molecular weight excluding hydrogens is 270 g/mol. The Morgan fingerprint density at radius 1 is 1.30 bits per heavy atom. The lowest BCUT2D eigenvalue weighted by atomic mass is 9.75. The van der Waals surface area contributed by atoms with Gasteiger partial charge >= 0.3 is 0 Å². The maximum absolute atomic E-state index is 5.55. The van der Waals surface area contributed by atoms with Gasteiger partial charge in [0.2, 0.25) is 0 Å². The molecule has 1 saturated heterocycles. The highest BCUT2D eigenvalue weighted by Gasteiger charge is 2.43. The summed E-state index contributed by atoms with van der Waals surface area (Å²) >= 11 is 1.75. The van der Waals surface area contributed by atoms with Crippen molar-refractivity contribution in [2.45, 2.75) is 64.5 Å². The lowest BCUT2D eigenvalue weighted by molar-refractivity contribution is 0.00414. The second-order valence-electron chi connectivity index (χ2n) is 6.49. The number of rotatable bonds is 4. The van der Waals surface area contributed by atoms with Crippen LogP contribution in [0.3, 0.4) is 0 Å². The molecule has 2 heterocycles. The topological polar surface area (TPSA) is 47.0 Å². The van der Waals surface area contributed by atoms with Crippen molar-refractivity contribution >= 4 is 11.3 Å². The van der Waals surface area contributed by atoms with E-state index in [0.29, 0.717) is 17.4 Å². The molecule has 4 nitrogen and oxygen atoms in total. The largest absolute Gasteiger partial charge is 0.381 e. The predicted octanol–water partition coefficient (Wildman–Crippen LogP) is 3.10. The van der Waals surface area contributed by atoms with E-state index in [1.54, 1.807) is 11.3 Å². The van der Waals surface area contributed by atoms with Crippen molar-refractivity contribution in [3.05, 3.63) is 10.0 Å². The summed E-state index contributed by atoms with van der Waals surface area (Å²) in [4.78, 5) is 0. The number of hydrogen-bond donors (Lipinski definition) is 1. The molecule has 0 bridgehead atoms. The molecule has 0 amide bonds. The van der Waals surface area contributed by atoms with Gasteiger partial charge in [-0.15, -0.1) is 10.2 Å². The van der Waals surface area contributed by atoms with Gasteiger partial charge in [0.05, 0.1) is 0 Å². The SMILES string of the molecule is CC(C)c1nnc(CN[C@@H]2CCCC23CCOCC3)s1. The highest BCUT2D eigenvalue weighted by molar-refractivity contribution is 7.11. The molecule has 1 aromatic rings. The van der Waals surface area contributed by atoms with E-state index in [0.717, 1.165) is 29.8 Å². The number of aromatic nitrogens is 2. The van der Waals surface area contributed by atoms with E-state index in [1.807, 2.05) is 0 Å². The Balaban J connectivity index is 1.59. The molecule has 20 heavy (non-hydrogen) atoms. The number of ether oxygens (including phenoxy) is 1. The highest BCUT2D eigenvalue weighted by atomic mass is 32.1. The molecule has 1 saturated carbocycles. The van der Waals surface area contributed by atoms with Gasteiger partial charge < -0.3 is 10.1 Å². The maximum Gasteiger partial charge on any atom is 0.131 e. The van der Waals surface area contributed by atoms with Crippen molar-refractivity contribution in [1.82, 2.24) is 15.5 Å². The van der Waals surface area contributed by atoms with Crippen LogP contribution in [0.5, 0.6) is 0 Å². The smallest absolute Gasteiger partial charge is 0.131 e. The zero-order valence-electron chi connectivity index (χ0n) is 12.5. The van der Waals surface area contributed by atoms with Crippen LogP contribution in [0.2, 0.25) is 0 Å². The fourth-order valence-electron chi connectivity index (χ4n) is 3.62. The fraction of sp³-hybridized carbons (Fsp3) is 0.867. The third kappa shape index (κ3) is 2.90. The Bertz CT molecular complexity index is 440. The summed E-state index contributed by atoms with van der Waals surface area (Å²) < 4.78 is 5.55. The lowest BCUT2D eigenvalue weighted by Gasteiger charge is -2.39. The molecule has 2 aliphatic rings. The molecule has 1 atom stereocenters. The van der Waals surface area contributed by atoms with Crippen molar-refractivity contribution in [1.29, 1.82) is 0 Å². The Kier molecular flexibility index (Phi) is 4.38. The van der Waals surface area contributed by atoms with Crippen LogP contribution in [-0.4, -0.2) is 29.5 Å². The van der Waals surface area contributed by atoms with Crippen LogP contribution in [0.15, 0.2) is 0 Å². The van der Waals surface area contributed by atoms with E-state index < -0.39 is 0 Å². The molecule has 2 fully saturated rings. The fourth-order valence-corrected chi connectivity index (χ4v) is 4.41. The summed E-state index contributed by atoms with van der Waals surface area (Å²) in [5.74, 6) is 0.481. The van der Waals surface area contributed by atoms with Gasteiger partial charge in [0.25, 0.3) is 0 Å².